The van der Waals surface area contributed by atoms with Crippen molar-refractivity contribution in [1.82, 2.24) is 4.90 Å². The van der Waals surface area contributed by atoms with Crippen LogP contribution in [0.2, 0.25) is 0 Å². The minimum Gasteiger partial charge on any atom is -0.324 e. The van der Waals surface area contributed by atoms with Crippen LogP contribution in [0, 0.1) is 17.6 Å². The third-order valence-electron chi connectivity index (χ3n) is 3.74. The van der Waals surface area contributed by atoms with Crippen LogP contribution in [-0.2, 0) is 4.79 Å². The lowest BCUT2D eigenvalue weighted by Crippen LogP contribution is -2.35. The molecule has 1 aliphatic heterocycles. The van der Waals surface area contributed by atoms with Crippen LogP contribution in [0.15, 0.2) is 18.2 Å². The second kappa shape index (κ2) is 6.79. The third-order valence-corrected chi connectivity index (χ3v) is 3.74. The Morgan fingerprint density at radius 3 is 2.70 bits per heavy atom. The van der Waals surface area contributed by atoms with E-state index in [0.717, 1.165) is 44.0 Å². The zero-order valence-corrected chi connectivity index (χ0v) is 11.7. The van der Waals surface area contributed by atoms with Crippen LogP contribution in [0.4, 0.5) is 14.5 Å². The fourth-order valence-electron chi connectivity index (χ4n) is 2.35. The Morgan fingerprint density at radius 2 is 2.05 bits per heavy atom. The Morgan fingerprint density at radius 1 is 1.35 bits per heavy atom. The van der Waals surface area contributed by atoms with Gasteiger partial charge in [-0.2, -0.15) is 0 Å². The van der Waals surface area contributed by atoms with Gasteiger partial charge in [-0.05, 0) is 44.0 Å². The molecule has 0 aromatic heterocycles. The lowest BCUT2D eigenvalue weighted by atomic mass is 9.99. The van der Waals surface area contributed by atoms with Crippen LogP contribution in [0.5, 0.6) is 0 Å². The molecule has 3 nitrogen and oxygen atoms in total. The minimum atomic E-state index is -0.745. The topological polar surface area (TPSA) is 32.3 Å². The predicted molar refractivity (Wildman–Crippen MR) is 74.4 cm³/mol. The summed E-state index contributed by atoms with van der Waals surface area (Å²) < 4.78 is 26.1. The van der Waals surface area contributed by atoms with E-state index in [1.54, 1.807) is 0 Å². The molecule has 0 saturated carbocycles. The van der Waals surface area contributed by atoms with Crippen LogP contribution in [-0.4, -0.2) is 30.4 Å². The highest BCUT2D eigenvalue weighted by atomic mass is 19.1. The van der Waals surface area contributed by atoms with Crippen LogP contribution >= 0.6 is 0 Å². The number of piperidine rings is 1. The van der Waals surface area contributed by atoms with E-state index in [1.807, 2.05) is 0 Å². The first kappa shape index (κ1) is 14.9. The molecule has 0 radical (unpaired) electrons. The number of hydrogen-bond acceptors (Lipinski definition) is 2. The normalized spacial score (nSPS) is 17.1. The van der Waals surface area contributed by atoms with Crippen molar-refractivity contribution in [3.8, 4) is 0 Å². The van der Waals surface area contributed by atoms with Crippen molar-refractivity contribution in [2.75, 3.05) is 25.0 Å². The number of benzene rings is 1. The highest BCUT2D eigenvalue weighted by Gasteiger charge is 2.16. The van der Waals surface area contributed by atoms with Crippen LogP contribution in [0.3, 0.4) is 0 Å². The Hall–Kier alpha value is -1.49. The maximum Gasteiger partial charge on any atom is 0.225 e. The van der Waals surface area contributed by atoms with E-state index in [2.05, 4.69) is 17.1 Å². The molecule has 0 unspecified atom stereocenters. The molecule has 110 valence electrons. The Labute approximate surface area is 118 Å². The SMILES string of the molecule is CC1CCN(CCC(=O)Nc2ccc(F)cc2F)CC1. The molecule has 1 fully saturated rings. The number of carbonyl (C=O) groups excluding carboxylic acids is 1. The van der Waals surface area contributed by atoms with Gasteiger partial charge in [-0.1, -0.05) is 6.92 Å². The zero-order valence-electron chi connectivity index (χ0n) is 11.7. The van der Waals surface area contributed by atoms with E-state index in [9.17, 15) is 13.6 Å². The van der Waals surface area contributed by atoms with Gasteiger partial charge < -0.3 is 10.2 Å². The van der Waals surface area contributed by atoms with E-state index >= 15 is 0 Å². The zero-order chi connectivity index (χ0) is 14.5. The summed E-state index contributed by atoms with van der Waals surface area (Å²) in [6, 6.07) is 3.14. The smallest absolute Gasteiger partial charge is 0.225 e. The Kier molecular flexibility index (Phi) is 5.06. The predicted octanol–water partition coefficient (Wildman–Crippen LogP) is 3.03. The summed E-state index contributed by atoms with van der Waals surface area (Å²) in [6.45, 7) is 4.95. The lowest BCUT2D eigenvalue weighted by molar-refractivity contribution is -0.116. The molecule has 1 heterocycles. The van der Waals surface area contributed by atoms with Gasteiger partial charge in [0.15, 0.2) is 0 Å². The van der Waals surface area contributed by atoms with E-state index in [-0.39, 0.29) is 11.6 Å². The second-order valence-electron chi connectivity index (χ2n) is 5.45. The van der Waals surface area contributed by atoms with Gasteiger partial charge >= 0.3 is 0 Å². The van der Waals surface area contributed by atoms with Gasteiger partial charge in [0, 0.05) is 19.0 Å². The average molecular weight is 282 g/mol. The maximum atomic E-state index is 13.4. The molecule has 0 atom stereocenters. The van der Waals surface area contributed by atoms with E-state index in [4.69, 9.17) is 0 Å². The second-order valence-corrected chi connectivity index (χ2v) is 5.45. The van der Waals surface area contributed by atoms with Gasteiger partial charge in [-0.15, -0.1) is 0 Å². The first-order valence-corrected chi connectivity index (χ1v) is 7.02. The van der Waals surface area contributed by atoms with Crippen molar-refractivity contribution >= 4 is 11.6 Å². The monoisotopic (exact) mass is 282 g/mol. The molecule has 0 spiro atoms. The summed E-state index contributed by atoms with van der Waals surface area (Å²) in [5, 5.41) is 2.48. The molecule has 1 N–H and O–H groups in total. The number of likely N-dealkylation sites (tertiary alicyclic amines) is 1. The number of carbonyl (C=O) groups is 1. The van der Waals surface area contributed by atoms with Gasteiger partial charge in [-0.3, -0.25) is 4.79 Å². The largest absolute Gasteiger partial charge is 0.324 e. The van der Waals surface area contributed by atoms with Crippen LogP contribution in [0.1, 0.15) is 26.2 Å². The maximum absolute atomic E-state index is 13.4. The van der Waals surface area contributed by atoms with Gasteiger partial charge in [0.1, 0.15) is 11.6 Å². The molecule has 20 heavy (non-hydrogen) atoms. The summed E-state index contributed by atoms with van der Waals surface area (Å²) in [7, 11) is 0. The van der Waals surface area contributed by atoms with Crippen LogP contribution < -0.4 is 5.32 Å². The molecule has 1 amide bonds. The molecular formula is C15H20F2N2O. The quantitative estimate of drug-likeness (QED) is 0.920. The molecule has 1 aliphatic rings. The fourth-order valence-corrected chi connectivity index (χ4v) is 2.35. The summed E-state index contributed by atoms with van der Waals surface area (Å²) in [4.78, 5) is 14.0. The molecular weight excluding hydrogens is 262 g/mol. The van der Waals surface area contributed by atoms with Gasteiger partial charge in [0.05, 0.1) is 5.69 Å². The summed E-state index contributed by atoms with van der Waals surface area (Å²) in [6.07, 6.45) is 2.65. The van der Waals surface area contributed by atoms with Crippen molar-refractivity contribution < 1.29 is 13.6 Å². The van der Waals surface area contributed by atoms with E-state index in [1.165, 1.54) is 6.07 Å². The highest BCUT2D eigenvalue weighted by Crippen LogP contribution is 2.17. The van der Waals surface area contributed by atoms with Crippen molar-refractivity contribution in [3.05, 3.63) is 29.8 Å². The molecule has 0 aliphatic carbocycles. The number of halogens is 2. The summed E-state index contributed by atoms with van der Waals surface area (Å²) >= 11 is 0. The standard InChI is InChI=1S/C15H20F2N2O/c1-11-4-7-19(8-5-11)9-6-15(20)18-14-3-2-12(16)10-13(14)17/h2-3,10-11H,4-9H2,1H3,(H,18,20). The molecule has 0 bridgehead atoms. The highest BCUT2D eigenvalue weighted by molar-refractivity contribution is 5.90. The fraction of sp³-hybridized carbons (Fsp3) is 0.533. The number of rotatable bonds is 4. The molecule has 5 heteroatoms. The third kappa shape index (κ3) is 4.27. The molecule has 1 saturated heterocycles. The number of amides is 1. The van der Waals surface area contributed by atoms with Crippen molar-refractivity contribution in [2.24, 2.45) is 5.92 Å². The molecule has 1 aromatic carbocycles. The molecule has 2 rings (SSSR count). The van der Waals surface area contributed by atoms with Crippen molar-refractivity contribution in [3.63, 3.8) is 0 Å². The summed E-state index contributed by atoms with van der Waals surface area (Å²) in [5.74, 6) is -0.879. The number of nitrogens with zero attached hydrogens (tertiary/aromatic N) is 1. The van der Waals surface area contributed by atoms with Crippen LogP contribution in [0.25, 0.3) is 0 Å². The number of anilines is 1. The first-order chi connectivity index (χ1) is 9.54. The Balaban J connectivity index is 1.78. The Bertz CT molecular complexity index is 471. The van der Waals surface area contributed by atoms with Gasteiger partial charge in [0.25, 0.3) is 0 Å². The van der Waals surface area contributed by atoms with Gasteiger partial charge in [0.2, 0.25) is 5.91 Å². The average Bonchev–Trinajstić information content (AvgIpc) is 2.41. The summed E-state index contributed by atoms with van der Waals surface area (Å²) in [5.41, 5.74) is 0.0312. The number of hydrogen-bond donors (Lipinski definition) is 1. The molecule has 1 aromatic rings. The minimum absolute atomic E-state index is 0.0312. The lowest BCUT2D eigenvalue weighted by Gasteiger charge is -2.29. The van der Waals surface area contributed by atoms with Gasteiger partial charge in [-0.25, -0.2) is 8.78 Å². The first-order valence-electron chi connectivity index (χ1n) is 7.02. The van der Waals surface area contributed by atoms with Crippen molar-refractivity contribution in [1.29, 1.82) is 0 Å². The van der Waals surface area contributed by atoms with Crippen molar-refractivity contribution in [2.45, 2.75) is 26.2 Å². The number of nitrogens with one attached hydrogen (secondary N) is 1. The van der Waals surface area contributed by atoms with E-state index < -0.39 is 11.6 Å². The van der Waals surface area contributed by atoms with E-state index in [0.29, 0.717) is 13.0 Å².